The summed E-state index contributed by atoms with van der Waals surface area (Å²) >= 11 is 7.75. The van der Waals surface area contributed by atoms with Crippen LogP contribution in [-0.2, 0) is 16.0 Å². The standard InChI is InChI=1S/C35H49ClN4O4S.C2H6/c1-7-11-25-20-27(36)13-15-29(25)26-22-40-19-17-24(8-2)31(44-34(42)37-9-3)12-10-18-39(6)35(4,5)33(41)38-45-28-14-16-32(43-23-26)30(40)21-28;1-2/h10,12-16,20-21,24,26,31H,7-9,11,17-19,22-23H2,1-6H3,(H,37,42)(H,38,41);1-2H3/b12-10+;. The zero-order chi connectivity index (χ0) is 34.6. The third kappa shape index (κ3) is 10.3. The zero-order valence-corrected chi connectivity index (χ0v) is 31.1. The Kier molecular flexibility index (Phi) is 15.3. The molecular weight excluding hydrogens is 632 g/mol. The van der Waals surface area contributed by atoms with Gasteiger partial charge in [0.25, 0.3) is 0 Å². The van der Waals surface area contributed by atoms with E-state index in [1.54, 1.807) is 0 Å². The molecule has 0 aromatic heterocycles. The van der Waals surface area contributed by atoms with Crippen LogP contribution in [0.15, 0.2) is 53.4 Å². The lowest BCUT2D eigenvalue weighted by molar-refractivity contribution is -0.128. The highest BCUT2D eigenvalue weighted by Gasteiger charge is 2.33. The van der Waals surface area contributed by atoms with Gasteiger partial charge in [-0.05, 0) is 107 Å². The topological polar surface area (TPSA) is 83.1 Å². The Bertz CT molecular complexity index is 1350. The van der Waals surface area contributed by atoms with Gasteiger partial charge in [-0.2, -0.15) is 0 Å². The Morgan fingerprint density at radius 3 is 2.64 bits per heavy atom. The van der Waals surface area contributed by atoms with Crippen LogP contribution in [0.1, 0.15) is 84.8 Å². The molecule has 260 valence electrons. The molecule has 2 aromatic carbocycles. The summed E-state index contributed by atoms with van der Waals surface area (Å²) in [5.74, 6) is 0.958. The van der Waals surface area contributed by atoms with Crippen LogP contribution in [0.4, 0.5) is 10.5 Å². The number of nitrogens with one attached hydrogen (secondary N) is 2. The van der Waals surface area contributed by atoms with Gasteiger partial charge < -0.3 is 19.7 Å². The quantitative estimate of drug-likeness (QED) is 0.234. The number of hydrogen-bond donors (Lipinski definition) is 2. The number of aryl methyl sites for hydroxylation is 1. The molecule has 3 atom stereocenters. The highest BCUT2D eigenvalue weighted by molar-refractivity contribution is 7.98. The molecule has 2 aliphatic heterocycles. The van der Waals surface area contributed by atoms with E-state index >= 15 is 0 Å². The highest BCUT2D eigenvalue weighted by Crippen LogP contribution is 2.39. The summed E-state index contributed by atoms with van der Waals surface area (Å²) in [6, 6.07) is 12.3. The van der Waals surface area contributed by atoms with Crippen molar-refractivity contribution >= 4 is 41.2 Å². The molecule has 2 heterocycles. The van der Waals surface area contributed by atoms with E-state index in [4.69, 9.17) is 21.1 Å². The van der Waals surface area contributed by atoms with Crippen molar-refractivity contribution in [1.82, 2.24) is 14.9 Å². The van der Waals surface area contributed by atoms with E-state index in [-0.39, 0.29) is 17.7 Å². The fourth-order valence-corrected chi connectivity index (χ4v) is 6.87. The Balaban J connectivity index is 0.00000294. The number of amides is 2. The van der Waals surface area contributed by atoms with E-state index in [9.17, 15) is 9.59 Å². The van der Waals surface area contributed by atoms with Crippen LogP contribution in [0.5, 0.6) is 5.75 Å². The van der Waals surface area contributed by atoms with Gasteiger partial charge >= 0.3 is 6.09 Å². The minimum absolute atomic E-state index is 0.0909. The molecule has 0 spiro atoms. The van der Waals surface area contributed by atoms with Crippen LogP contribution < -0.4 is 19.7 Å². The first-order chi connectivity index (χ1) is 22.6. The lowest BCUT2D eigenvalue weighted by atomic mass is 9.91. The number of fused-ring (bicyclic) bond motifs is 1. The Morgan fingerprint density at radius 2 is 1.94 bits per heavy atom. The van der Waals surface area contributed by atoms with Crippen molar-refractivity contribution in [2.45, 2.75) is 96.6 Å². The monoisotopic (exact) mass is 686 g/mol. The average Bonchev–Trinajstić information content (AvgIpc) is 3.23. The lowest BCUT2D eigenvalue weighted by Crippen LogP contribution is -2.52. The van der Waals surface area contributed by atoms with Gasteiger partial charge in [-0.25, -0.2) is 4.79 Å². The summed E-state index contributed by atoms with van der Waals surface area (Å²) in [5.41, 5.74) is 2.76. The molecular formula is C37H55ClN4O4S. The summed E-state index contributed by atoms with van der Waals surface area (Å²) in [5, 5.41) is 3.53. The molecule has 3 unspecified atom stereocenters. The van der Waals surface area contributed by atoms with E-state index in [0.29, 0.717) is 19.7 Å². The molecule has 8 nitrogen and oxygen atoms in total. The predicted octanol–water partition coefficient (Wildman–Crippen LogP) is 8.24. The SMILES string of the molecule is CC.CCCc1cc(Cl)ccc1C1COc2ccc3cc2N(CCC(CC)C(OC(=O)NCC)/C=C/CN(C)C(C)(C)C(=O)NS3)C1. The maximum atomic E-state index is 13.4. The van der Waals surface area contributed by atoms with Crippen LogP contribution in [0.2, 0.25) is 5.02 Å². The number of benzene rings is 2. The molecule has 2 N–H and O–H groups in total. The van der Waals surface area contributed by atoms with Gasteiger partial charge in [0.15, 0.2) is 0 Å². The van der Waals surface area contributed by atoms with E-state index < -0.39 is 17.7 Å². The number of nitrogens with zero attached hydrogens (tertiary/aromatic N) is 2. The normalized spacial score (nSPS) is 22.4. The van der Waals surface area contributed by atoms with Gasteiger partial charge in [-0.1, -0.05) is 57.9 Å². The average molecular weight is 687 g/mol. The minimum Gasteiger partial charge on any atom is -0.491 e. The second-order valence-electron chi connectivity index (χ2n) is 12.4. The molecule has 2 aliphatic rings. The first kappa shape index (κ1) is 38.6. The number of ether oxygens (including phenoxy) is 2. The van der Waals surface area contributed by atoms with E-state index in [1.807, 2.05) is 76.9 Å². The number of halogens is 1. The van der Waals surface area contributed by atoms with Gasteiger partial charge in [0.2, 0.25) is 5.91 Å². The maximum absolute atomic E-state index is 13.4. The van der Waals surface area contributed by atoms with Crippen molar-refractivity contribution in [3.63, 3.8) is 0 Å². The third-order valence-electron chi connectivity index (χ3n) is 9.02. The molecule has 0 saturated heterocycles. The summed E-state index contributed by atoms with van der Waals surface area (Å²) in [6.07, 6.45) is 6.80. The maximum Gasteiger partial charge on any atom is 0.407 e. The molecule has 2 bridgehead atoms. The fourth-order valence-electron chi connectivity index (χ4n) is 5.91. The van der Waals surface area contributed by atoms with E-state index in [1.165, 1.54) is 23.1 Å². The lowest BCUT2D eigenvalue weighted by Gasteiger charge is -2.34. The van der Waals surface area contributed by atoms with Crippen molar-refractivity contribution in [3.05, 3.63) is 64.7 Å². The van der Waals surface area contributed by atoms with Crippen LogP contribution in [0, 0.1) is 5.92 Å². The van der Waals surface area contributed by atoms with Gasteiger partial charge in [-0.3, -0.25) is 14.4 Å². The number of likely N-dealkylation sites (N-methyl/N-ethyl adjacent to an activating group) is 1. The van der Waals surface area contributed by atoms with Gasteiger partial charge in [0, 0.05) is 47.9 Å². The van der Waals surface area contributed by atoms with Crippen molar-refractivity contribution in [2.75, 3.05) is 44.7 Å². The van der Waals surface area contributed by atoms with Crippen molar-refractivity contribution < 1.29 is 19.1 Å². The van der Waals surface area contributed by atoms with Crippen molar-refractivity contribution in [3.8, 4) is 5.75 Å². The van der Waals surface area contributed by atoms with Gasteiger partial charge in [-0.15, -0.1) is 0 Å². The number of alkyl carbamates (subject to hydrolysis) is 1. The summed E-state index contributed by atoms with van der Waals surface area (Å²) < 4.78 is 15.5. The predicted molar refractivity (Wildman–Crippen MR) is 196 cm³/mol. The molecule has 2 amide bonds. The van der Waals surface area contributed by atoms with Crippen molar-refractivity contribution in [1.29, 1.82) is 0 Å². The first-order valence-electron chi connectivity index (χ1n) is 17.2. The number of rotatable bonds is 6. The zero-order valence-electron chi connectivity index (χ0n) is 29.5. The highest BCUT2D eigenvalue weighted by atomic mass is 35.5. The molecule has 10 heteroatoms. The first-order valence-corrected chi connectivity index (χ1v) is 18.4. The molecule has 2 aromatic rings. The van der Waals surface area contributed by atoms with Gasteiger partial charge in [0.1, 0.15) is 11.9 Å². The molecule has 0 radical (unpaired) electrons. The largest absolute Gasteiger partial charge is 0.491 e. The molecule has 0 saturated carbocycles. The van der Waals surface area contributed by atoms with Gasteiger partial charge in [0.05, 0.1) is 17.8 Å². The second-order valence-corrected chi connectivity index (χ2v) is 13.8. The third-order valence-corrected chi connectivity index (χ3v) is 10.0. The summed E-state index contributed by atoms with van der Waals surface area (Å²) in [6.45, 7) is 17.1. The van der Waals surface area contributed by atoms with Crippen LogP contribution in [0.25, 0.3) is 0 Å². The summed E-state index contributed by atoms with van der Waals surface area (Å²) in [4.78, 5) is 31.3. The molecule has 0 fully saturated rings. The van der Waals surface area contributed by atoms with E-state index in [2.05, 4.69) is 47.0 Å². The Morgan fingerprint density at radius 1 is 1.17 bits per heavy atom. The second kappa shape index (κ2) is 18.6. The summed E-state index contributed by atoms with van der Waals surface area (Å²) in [7, 11) is 1.93. The number of anilines is 1. The minimum atomic E-state index is -0.767. The van der Waals surface area contributed by atoms with Crippen LogP contribution >= 0.6 is 23.5 Å². The van der Waals surface area contributed by atoms with Crippen molar-refractivity contribution in [2.24, 2.45) is 5.92 Å². The molecule has 47 heavy (non-hydrogen) atoms. The smallest absolute Gasteiger partial charge is 0.407 e. The number of carbonyl (C=O) groups excluding carboxylic acids is 2. The van der Waals surface area contributed by atoms with E-state index in [0.717, 1.165) is 60.1 Å². The molecule has 4 rings (SSSR count). The number of carbonyl (C=O) groups is 2. The van der Waals surface area contributed by atoms with Crippen LogP contribution in [-0.4, -0.2) is 68.4 Å². The fraction of sp³-hybridized carbons (Fsp3) is 0.568. The van der Waals surface area contributed by atoms with Crippen LogP contribution in [0.3, 0.4) is 0 Å². The molecule has 0 aliphatic carbocycles. The Hall–Kier alpha value is -2.88. The Labute approximate surface area is 292 Å². The number of hydrogen-bond acceptors (Lipinski definition) is 7.